The summed E-state index contributed by atoms with van der Waals surface area (Å²) in [5.41, 5.74) is 2.60. The Morgan fingerprint density at radius 3 is 2.55 bits per heavy atom. The molecule has 4 rings (SSSR count). The van der Waals surface area contributed by atoms with E-state index in [1.807, 2.05) is 0 Å². The van der Waals surface area contributed by atoms with Crippen LogP contribution in [-0.2, 0) is 18.9 Å². The number of amides is 3. The molecular formula is C29H33N7O6. The second-order valence-corrected chi connectivity index (χ2v) is 9.80. The molecule has 0 atom stereocenters. The maximum Gasteiger partial charge on any atom is 0.291 e. The SMILES string of the molecule is C=Nc1cc(OCCCC(=O)Nc2cn(C)c(C(=O)Nc3cc(C=O)n(C)c3)n2)c(OC)cc1C(=O)N1CCC(=C)C1. The molecule has 13 heteroatoms. The number of aliphatic imine (C=N–C) groups is 1. The lowest BCUT2D eigenvalue weighted by Gasteiger charge is -2.18. The normalized spacial score (nSPS) is 12.6. The molecule has 42 heavy (non-hydrogen) atoms. The molecule has 1 fully saturated rings. The number of hydrogen-bond donors (Lipinski definition) is 2. The van der Waals surface area contributed by atoms with E-state index in [4.69, 9.17) is 9.47 Å². The number of likely N-dealkylation sites (tertiary alicyclic amines) is 1. The summed E-state index contributed by atoms with van der Waals surface area (Å²) in [6, 6.07) is 4.73. The molecule has 2 N–H and O–H groups in total. The summed E-state index contributed by atoms with van der Waals surface area (Å²) in [4.78, 5) is 59.2. The van der Waals surface area contributed by atoms with Crippen LogP contribution in [-0.4, -0.2) is 76.5 Å². The minimum absolute atomic E-state index is 0.0838. The van der Waals surface area contributed by atoms with E-state index in [1.54, 1.807) is 48.0 Å². The highest BCUT2D eigenvalue weighted by Gasteiger charge is 2.25. The zero-order valence-corrected chi connectivity index (χ0v) is 23.8. The predicted molar refractivity (Wildman–Crippen MR) is 157 cm³/mol. The summed E-state index contributed by atoms with van der Waals surface area (Å²) in [7, 11) is 4.80. The van der Waals surface area contributed by atoms with Crippen LogP contribution in [0.3, 0.4) is 0 Å². The van der Waals surface area contributed by atoms with E-state index in [0.717, 1.165) is 12.0 Å². The van der Waals surface area contributed by atoms with Gasteiger partial charge in [-0.1, -0.05) is 12.2 Å². The number of benzene rings is 1. The summed E-state index contributed by atoms with van der Waals surface area (Å²) >= 11 is 0. The molecule has 0 unspecified atom stereocenters. The summed E-state index contributed by atoms with van der Waals surface area (Å²) in [5, 5.41) is 5.37. The highest BCUT2D eigenvalue weighted by Crippen LogP contribution is 2.36. The van der Waals surface area contributed by atoms with Crippen molar-refractivity contribution in [1.82, 2.24) is 19.0 Å². The second-order valence-electron chi connectivity index (χ2n) is 9.80. The zero-order valence-electron chi connectivity index (χ0n) is 23.8. The fourth-order valence-electron chi connectivity index (χ4n) is 4.50. The van der Waals surface area contributed by atoms with E-state index in [1.165, 1.54) is 17.9 Å². The lowest BCUT2D eigenvalue weighted by atomic mass is 10.1. The Hall–Kier alpha value is -5.20. The lowest BCUT2D eigenvalue weighted by Crippen LogP contribution is -2.27. The third-order valence-corrected chi connectivity index (χ3v) is 6.69. The maximum atomic E-state index is 13.0. The smallest absolute Gasteiger partial charge is 0.291 e. The first-order valence-electron chi connectivity index (χ1n) is 13.2. The van der Waals surface area contributed by atoms with Crippen LogP contribution >= 0.6 is 0 Å². The Balaban J connectivity index is 1.30. The molecular weight excluding hydrogens is 542 g/mol. The minimum atomic E-state index is -0.490. The summed E-state index contributed by atoms with van der Waals surface area (Å²) in [6.45, 7) is 8.82. The van der Waals surface area contributed by atoms with E-state index >= 15 is 0 Å². The lowest BCUT2D eigenvalue weighted by molar-refractivity contribution is -0.116. The van der Waals surface area contributed by atoms with Crippen LogP contribution in [0.15, 0.2) is 47.7 Å². The monoisotopic (exact) mass is 575 g/mol. The van der Waals surface area contributed by atoms with Gasteiger partial charge in [0, 0.05) is 52.1 Å². The van der Waals surface area contributed by atoms with Crippen LogP contribution in [0.1, 0.15) is 50.7 Å². The molecule has 0 radical (unpaired) electrons. The first-order valence-corrected chi connectivity index (χ1v) is 13.2. The summed E-state index contributed by atoms with van der Waals surface area (Å²) in [5.74, 6) is 0.0686. The van der Waals surface area contributed by atoms with Crippen molar-refractivity contribution in [3.8, 4) is 11.5 Å². The van der Waals surface area contributed by atoms with Crippen molar-refractivity contribution in [2.75, 3.05) is 37.4 Å². The highest BCUT2D eigenvalue weighted by atomic mass is 16.5. The maximum absolute atomic E-state index is 13.0. The fourth-order valence-corrected chi connectivity index (χ4v) is 4.50. The van der Waals surface area contributed by atoms with Crippen molar-refractivity contribution in [3.05, 3.63) is 59.8 Å². The number of nitrogens with one attached hydrogen (secondary N) is 2. The quantitative estimate of drug-likeness (QED) is 0.146. The van der Waals surface area contributed by atoms with E-state index in [-0.39, 0.29) is 36.5 Å². The largest absolute Gasteiger partial charge is 0.493 e. The van der Waals surface area contributed by atoms with E-state index in [2.05, 4.69) is 33.9 Å². The Morgan fingerprint density at radius 1 is 1.12 bits per heavy atom. The molecule has 3 amide bonds. The van der Waals surface area contributed by atoms with Crippen LogP contribution in [0.25, 0.3) is 0 Å². The van der Waals surface area contributed by atoms with Crippen LogP contribution in [0.5, 0.6) is 11.5 Å². The van der Waals surface area contributed by atoms with Gasteiger partial charge in [-0.25, -0.2) is 4.98 Å². The Kier molecular flexibility index (Phi) is 9.20. The fraction of sp³-hybridized carbons (Fsp3) is 0.310. The molecule has 1 aliphatic heterocycles. The van der Waals surface area contributed by atoms with Gasteiger partial charge >= 0.3 is 0 Å². The van der Waals surface area contributed by atoms with Gasteiger partial charge in [0.1, 0.15) is 0 Å². The van der Waals surface area contributed by atoms with Gasteiger partial charge in [0.25, 0.3) is 11.8 Å². The van der Waals surface area contributed by atoms with E-state index in [0.29, 0.717) is 59.9 Å². The first kappa shape index (κ1) is 29.8. The number of imidazole rings is 1. The van der Waals surface area contributed by atoms with E-state index in [9.17, 15) is 19.2 Å². The molecule has 2 aromatic heterocycles. The van der Waals surface area contributed by atoms with Gasteiger partial charge in [0.2, 0.25) is 11.7 Å². The summed E-state index contributed by atoms with van der Waals surface area (Å²) < 4.78 is 14.4. The van der Waals surface area contributed by atoms with Crippen LogP contribution in [0.4, 0.5) is 17.2 Å². The van der Waals surface area contributed by atoms with Gasteiger partial charge in [-0.2, -0.15) is 0 Å². The molecule has 1 aliphatic rings. The van der Waals surface area contributed by atoms with Gasteiger partial charge in [-0.15, -0.1) is 0 Å². The standard InChI is InChI=1S/C29H33N7O6/c1-18-8-9-36(14-18)29(40)21-12-23(41-5)24(13-22(21)30-2)42-10-6-7-26(38)32-25-16-35(4)27(33-25)28(39)31-19-11-20(17-37)34(3)15-19/h11-13,15-17H,1-2,6-10,14H2,3-5H3,(H,31,39)(H,32,38). The topological polar surface area (TPSA) is 149 Å². The van der Waals surface area contributed by atoms with E-state index < -0.39 is 5.91 Å². The first-order chi connectivity index (χ1) is 20.1. The zero-order chi connectivity index (χ0) is 30.4. The Bertz CT molecular complexity index is 1550. The number of carbonyl (C=O) groups is 4. The van der Waals surface area contributed by atoms with Crippen molar-refractivity contribution in [1.29, 1.82) is 0 Å². The second kappa shape index (κ2) is 13.0. The average Bonchev–Trinajstić information content (AvgIpc) is 3.67. The third-order valence-electron chi connectivity index (χ3n) is 6.69. The number of hydrogen-bond acceptors (Lipinski definition) is 8. The molecule has 0 spiro atoms. The minimum Gasteiger partial charge on any atom is -0.493 e. The van der Waals surface area contributed by atoms with Gasteiger partial charge in [-0.3, -0.25) is 24.2 Å². The number of anilines is 2. The molecule has 1 saturated heterocycles. The number of ether oxygens (including phenoxy) is 2. The van der Waals surface area contributed by atoms with Crippen LogP contribution in [0, 0.1) is 0 Å². The molecule has 0 bridgehead atoms. The Labute approximate surface area is 242 Å². The van der Waals surface area contributed by atoms with Gasteiger partial charge in [0.15, 0.2) is 23.6 Å². The molecule has 220 valence electrons. The summed E-state index contributed by atoms with van der Waals surface area (Å²) in [6.07, 6.45) is 5.09. The van der Waals surface area contributed by atoms with Gasteiger partial charge < -0.3 is 34.1 Å². The van der Waals surface area contributed by atoms with Gasteiger partial charge in [-0.05, 0) is 31.7 Å². The van der Waals surface area contributed by atoms with Crippen molar-refractivity contribution < 1.29 is 28.7 Å². The average molecular weight is 576 g/mol. The molecule has 3 heterocycles. The number of carbonyl (C=O) groups excluding carboxylic acids is 4. The Morgan fingerprint density at radius 2 is 1.90 bits per heavy atom. The molecule has 1 aromatic carbocycles. The molecule has 0 aliphatic carbocycles. The third kappa shape index (κ3) is 6.74. The van der Waals surface area contributed by atoms with Gasteiger partial charge in [0.05, 0.1) is 36.3 Å². The predicted octanol–water partition coefficient (Wildman–Crippen LogP) is 3.36. The van der Waals surface area contributed by atoms with Crippen molar-refractivity contribution in [2.24, 2.45) is 19.1 Å². The van der Waals surface area contributed by atoms with Crippen LogP contribution < -0.4 is 20.1 Å². The number of aldehydes is 1. The number of aryl methyl sites for hydroxylation is 2. The number of rotatable bonds is 12. The molecule has 13 nitrogen and oxygen atoms in total. The van der Waals surface area contributed by atoms with Crippen molar-refractivity contribution in [2.45, 2.75) is 19.3 Å². The molecule has 0 saturated carbocycles. The number of methoxy groups -OCH3 is 1. The van der Waals surface area contributed by atoms with Crippen LogP contribution in [0.2, 0.25) is 0 Å². The van der Waals surface area contributed by atoms with Crippen molar-refractivity contribution in [3.63, 3.8) is 0 Å². The highest BCUT2D eigenvalue weighted by molar-refractivity contribution is 6.03. The number of nitrogens with zero attached hydrogens (tertiary/aromatic N) is 5. The molecule has 3 aromatic rings. The number of aromatic nitrogens is 3. The van der Waals surface area contributed by atoms with Crippen molar-refractivity contribution >= 4 is 47.9 Å².